The highest BCUT2D eigenvalue weighted by atomic mass is 16.4. The van der Waals surface area contributed by atoms with Gasteiger partial charge in [-0.1, -0.05) is 12.1 Å². The van der Waals surface area contributed by atoms with Crippen LogP contribution < -0.4 is 5.73 Å². The van der Waals surface area contributed by atoms with Crippen molar-refractivity contribution >= 4 is 5.97 Å². The summed E-state index contributed by atoms with van der Waals surface area (Å²) in [6.07, 6.45) is 0. The van der Waals surface area contributed by atoms with Gasteiger partial charge < -0.3 is 10.8 Å². The van der Waals surface area contributed by atoms with E-state index in [2.05, 4.69) is 0 Å². The van der Waals surface area contributed by atoms with Crippen LogP contribution in [-0.2, 0) is 6.54 Å². The molecule has 1 aromatic rings. The highest BCUT2D eigenvalue weighted by molar-refractivity contribution is 5.91. The number of nitriles is 1. The molecule has 0 aliphatic rings. The minimum atomic E-state index is -1.10. The van der Waals surface area contributed by atoms with Gasteiger partial charge in [0.1, 0.15) is 6.07 Å². The number of hydrogen-bond acceptors (Lipinski definition) is 3. The number of benzene rings is 1. The van der Waals surface area contributed by atoms with Gasteiger partial charge in [0.05, 0.1) is 11.1 Å². The summed E-state index contributed by atoms with van der Waals surface area (Å²) in [5.41, 5.74) is 6.06. The van der Waals surface area contributed by atoms with Gasteiger partial charge in [-0.25, -0.2) is 4.79 Å². The van der Waals surface area contributed by atoms with Gasteiger partial charge in [-0.05, 0) is 11.6 Å². The van der Waals surface area contributed by atoms with Crippen molar-refractivity contribution in [2.45, 2.75) is 6.54 Å². The van der Waals surface area contributed by atoms with Crippen LogP contribution in [-0.4, -0.2) is 11.1 Å². The summed E-state index contributed by atoms with van der Waals surface area (Å²) in [6.45, 7) is 0.171. The molecule has 0 atom stereocenters. The highest BCUT2D eigenvalue weighted by Gasteiger charge is 2.11. The van der Waals surface area contributed by atoms with Crippen molar-refractivity contribution < 1.29 is 9.90 Å². The van der Waals surface area contributed by atoms with Crippen LogP contribution in [0.4, 0.5) is 0 Å². The summed E-state index contributed by atoms with van der Waals surface area (Å²) >= 11 is 0. The highest BCUT2D eigenvalue weighted by Crippen LogP contribution is 2.13. The van der Waals surface area contributed by atoms with Crippen LogP contribution in [0.25, 0.3) is 0 Å². The molecule has 0 fully saturated rings. The Morgan fingerprint density at radius 1 is 1.62 bits per heavy atom. The molecule has 4 heteroatoms. The van der Waals surface area contributed by atoms with E-state index in [1.807, 2.05) is 6.07 Å². The molecule has 0 aliphatic heterocycles. The minimum Gasteiger partial charge on any atom is -0.478 e. The second-order valence-electron chi connectivity index (χ2n) is 2.46. The monoisotopic (exact) mass is 176 g/mol. The van der Waals surface area contributed by atoms with Gasteiger partial charge in [0, 0.05) is 6.54 Å². The third-order valence-electron chi connectivity index (χ3n) is 1.71. The first-order chi connectivity index (χ1) is 6.20. The Morgan fingerprint density at radius 3 is 2.77 bits per heavy atom. The number of carboxylic acid groups (broad SMARTS) is 1. The first kappa shape index (κ1) is 9.23. The molecule has 66 valence electrons. The van der Waals surface area contributed by atoms with E-state index in [1.54, 1.807) is 12.1 Å². The lowest BCUT2D eigenvalue weighted by molar-refractivity contribution is 0.0696. The zero-order valence-electron chi connectivity index (χ0n) is 6.82. The van der Waals surface area contributed by atoms with Crippen LogP contribution in [0.3, 0.4) is 0 Å². The Morgan fingerprint density at radius 2 is 2.31 bits per heavy atom. The van der Waals surface area contributed by atoms with Crippen LogP contribution >= 0.6 is 0 Å². The Kier molecular flexibility index (Phi) is 2.62. The van der Waals surface area contributed by atoms with Gasteiger partial charge in [0.2, 0.25) is 0 Å². The molecule has 0 amide bonds. The molecule has 1 aromatic carbocycles. The molecular formula is C9H8N2O2. The Hall–Kier alpha value is -1.86. The number of carboxylic acids is 1. The van der Waals surface area contributed by atoms with Crippen molar-refractivity contribution in [3.63, 3.8) is 0 Å². The summed E-state index contributed by atoms with van der Waals surface area (Å²) in [5, 5.41) is 17.4. The molecule has 0 saturated heterocycles. The SMILES string of the molecule is N#Cc1c(CN)cccc1C(=O)O. The molecule has 0 saturated carbocycles. The molecule has 0 bridgehead atoms. The van der Waals surface area contributed by atoms with E-state index in [0.29, 0.717) is 5.56 Å². The average molecular weight is 176 g/mol. The normalized spacial score (nSPS) is 9.23. The Labute approximate surface area is 75.2 Å². The average Bonchev–Trinajstić information content (AvgIpc) is 2.16. The molecule has 13 heavy (non-hydrogen) atoms. The fourth-order valence-corrected chi connectivity index (χ4v) is 1.08. The zero-order chi connectivity index (χ0) is 9.84. The molecule has 0 aromatic heterocycles. The first-order valence-corrected chi connectivity index (χ1v) is 3.66. The summed E-state index contributed by atoms with van der Waals surface area (Å²) in [4.78, 5) is 10.7. The van der Waals surface area contributed by atoms with E-state index in [4.69, 9.17) is 16.1 Å². The maximum atomic E-state index is 10.7. The van der Waals surface area contributed by atoms with Crippen molar-refractivity contribution in [2.24, 2.45) is 5.73 Å². The topological polar surface area (TPSA) is 87.1 Å². The fourth-order valence-electron chi connectivity index (χ4n) is 1.08. The van der Waals surface area contributed by atoms with Gasteiger partial charge in [0.15, 0.2) is 0 Å². The third-order valence-corrected chi connectivity index (χ3v) is 1.71. The summed E-state index contributed by atoms with van der Waals surface area (Å²) in [5.74, 6) is -1.10. The molecule has 0 spiro atoms. The Bertz CT molecular complexity index is 380. The summed E-state index contributed by atoms with van der Waals surface area (Å²) in [6, 6.07) is 6.44. The lowest BCUT2D eigenvalue weighted by atomic mass is 10.0. The van der Waals surface area contributed by atoms with Crippen molar-refractivity contribution in [1.82, 2.24) is 0 Å². The number of carbonyl (C=O) groups is 1. The van der Waals surface area contributed by atoms with Crippen LogP contribution in [0.2, 0.25) is 0 Å². The maximum absolute atomic E-state index is 10.7. The van der Waals surface area contributed by atoms with Gasteiger partial charge in [0.25, 0.3) is 0 Å². The van der Waals surface area contributed by atoms with E-state index >= 15 is 0 Å². The fraction of sp³-hybridized carbons (Fsp3) is 0.111. The van der Waals surface area contributed by atoms with E-state index in [0.717, 1.165) is 0 Å². The number of hydrogen-bond donors (Lipinski definition) is 2. The van der Waals surface area contributed by atoms with Crippen LogP contribution in [0, 0.1) is 11.3 Å². The number of aromatic carboxylic acids is 1. The number of rotatable bonds is 2. The first-order valence-electron chi connectivity index (χ1n) is 3.66. The molecule has 1 rings (SSSR count). The molecule has 4 nitrogen and oxygen atoms in total. The van der Waals surface area contributed by atoms with E-state index in [9.17, 15) is 4.79 Å². The lowest BCUT2D eigenvalue weighted by Gasteiger charge is -2.02. The van der Waals surface area contributed by atoms with Crippen molar-refractivity contribution in [2.75, 3.05) is 0 Å². The third kappa shape index (κ3) is 1.66. The van der Waals surface area contributed by atoms with Crippen molar-refractivity contribution in [1.29, 1.82) is 5.26 Å². The summed E-state index contributed by atoms with van der Waals surface area (Å²) < 4.78 is 0. The molecule has 0 radical (unpaired) electrons. The van der Waals surface area contributed by atoms with E-state index in [-0.39, 0.29) is 17.7 Å². The van der Waals surface area contributed by atoms with E-state index in [1.165, 1.54) is 6.07 Å². The van der Waals surface area contributed by atoms with Crippen molar-refractivity contribution in [3.8, 4) is 6.07 Å². The molecule has 0 aliphatic carbocycles. The number of nitrogens with zero attached hydrogens (tertiary/aromatic N) is 1. The predicted molar refractivity (Wildman–Crippen MR) is 46.0 cm³/mol. The summed E-state index contributed by atoms with van der Waals surface area (Å²) in [7, 11) is 0. The Balaban J connectivity index is 3.38. The smallest absolute Gasteiger partial charge is 0.337 e. The van der Waals surface area contributed by atoms with Gasteiger partial charge >= 0.3 is 5.97 Å². The predicted octanol–water partition coefficient (Wildman–Crippen LogP) is 0.715. The van der Waals surface area contributed by atoms with Crippen LogP contribution in [0.15, 0.2) is 18.2 Å². The largest absolute Gasteiger partial charge is 0.478 e. The van der Waals surface area contributed by atoms with Gasteiger partial charge in [-0.2, -0.15) is 5.26 Å². The standard InChI is InChI=1S/C9H8N2O2/c10-4-6-2-1-3-7(9(12)13)8(6)5-11/h1-3H,4,10H2,(H,12,13). The van der Waals surface area contributed by atoms with Gasteiger partial charge in [-0.15, -0.1) is 0 Å². The quantitative estimate of drug-likeness (QED) is 0.694. The lowest BCUT2D eigenvalue weighted by Crippen LogP contribution is -2.06. The minimum absolute atomic E-state index is 0.00505. The second kappa shape index (κ2) is 3.70. The molecule has 3 N–H and O–H groups in total. The van der Waals surface area contributed by atoms with E-state index < -0.39 is 5.97 Å². The van der Waals surface area contributed by atoms with Crippen molar-refractivity contribution in [3.05, 3.63) is 34.9 Å². The van der Waals surface area contributed by atoms with Gasteiger partial charge in [-0.3, -0.25) is 0 Å². The zero-order valence-corrected chi connectivity index (χ0v) is 6.82. The second-order valence-corrected chi connectivity index (χ2v) is 2.46. The van der Waals surface area contributed by atoms with Crippen LogP contribution in [0.5, 0.6) is 0 Å². The molecule has 0 unspecified atom stereocenters. The molecule has 0 heterocycles. The van der Waals surface area contributed by atoms with Crippen LogP contribution in [0.1, 0.15) is 21.5 Å². The molecular weight excluding hydrogens is 168 g/mol. The number of nitrogens with two attached hydrogens (primary N) is 1. The maximum Gasteiger partial charge on any atom is 0.337 e.